The van der Waals surface area contributed by atoms with E-state index in [4.69, 9.17) is 4.42 Å². The van der Waals surface area contributed by atoms with Crippen molar-refractivity contribution in [2.45, 2.75) is 37.3 Å². The van der Waals surface area contributed by atoms with E-state index in [9.17, 15) is 0 Å². The second-order valence-electron chi connectivity index (χ2n) is 4.67. The molecule has 1 aromatic carbocycles. The zero-order chi connectivity index (χ0) is 13.7. The zero-order valence-corrected chi connectivity index (χ0v) is 12.2. The lowest BCUT2D eigenvalue weighted by Gasteiger charge is -2.09. The van der Waals surface area contributed by atoms with Gasteiger partial charge in [-0.05, 0) is 12.0 Å². The van der Waals surface area contributed by atoms with Crippen LogP contribution in [-0.2, 0) is 5.75 Å². The first-order valence-electron chi connectivity index (χ1n) is 6.54. The van der Waals surface area contributed by atoms with E-state index in [1.165, 1.54) is 5.56 Å². The van der Waals surface area contributed by atoms with E-state index in [-0.39, 0.29) is 6.04 Å². The molecule has 4 nitrogen and oxygen atoms in total. The Balaban J connectivity index is 1.94. The van der Waals surface area contributed by atoms with Gasteiger partial charge in [0, 0.05) is 11.7 Å². The predicted molar refractivity (Wildman–Crippen MR) is 75.4 cm³/mol. The summed E-state index contributed by atoms with van der Waals surface area (Å²) in [6.07, 6.45) is 1.06. The number of rotatable bonds is 6. The van der Waals surface area contributed by atoms with Gasteiger partial charge in [-0.15, -0.1) is 10.2 Å². The minimum Gasteiger partial charge on any atom is -0.410 e. The van der Waals surface area contributed by atoms with Gasteiger partial charge in [0.15, 0.2) is 6.04 Å². The van der Waals surface area contributed by atoms with Crippen molar-refractivity contribution in [2.24, 2.45) is 5.92 Å². The van der Waals surface area contributed by atoms with Gasteiger partial charge in [0.2, 0.25) is 0 Å². The van der Waals surface area contributed by atoms with Crippen LogP contribution in [0, 0.1) is 5.92 Å². The molecule has 0 bridgehead atoms. The van der Waals surface area contributed by atoms with Crippen LogP contribution in [0.4, 0.5) is 0 Å². The fraction of sp³-hybridized carbons (Fsp3) is 0.429. The van der Waals surface area contributed by atoms with Crippen LogP contribution < -0.4 is 5.73 Å². The molecule has 19 heavy (non-hydrogen) atoms. The van der Waals surface area contributed by atoms with Crippen molar-refractivity contribution in [3.05, 3.63) is 41.8 Å². The molecular formula is C14H20N3OS+. The van der Waals surface area contributed by atoms with Crippen molar-refractivity contribution < 1.29 is 10.2 Å². The van der Waals surface area contributed by atoms with E-state index >= 15 is 0 Å². The van der Waals surface area contributed by atoms with Gasteiger partial charge in [-0.25, -0.2) is 0 Å². The number of nitrogens with zero attached hydrogens (tertiary/aromatic N) is 2. The quantitative estimate of drug-likeness (QED) is 0.825. The third-order valence-electron chi connectivity index (χ3n) is 3.28. The topological polar surface area (TPSA) is 66.6 Å². The van der Waals surface area contributed by atoms with Crippen LogP contribution in [0.5, 0.6) is 0 Å². The van der Waals surface area contributed by atoms with Crippen molar-refractivity contribution >= 4 is 11.8 Å². The van der Waals surface area contributed by atoms with Gasteiger partial charge >= 0.3 is 0 Å². The van der Waals surface area contributed by atoms with Crippen LogP contribution in [0.2, 0.25) is 0 Å². The van der Waals surface area contributed by atoms with Gasteiger partial charge in [0.05, 0.1) is 0 Å². The first kappa shape index (κ1) is 14.1. The Hall–Kier alpha value is -1.33. The van der Waals surface area contributed by atoms with Gasteiger partial charge in [-0.2, -0.15) is 0 Å². The largest absolute Gasteiger partial charge is 0.410 e. The lowest BCUT2D eigenvalue weighted by Crippen LogP contribution is -2.56. The first-order chi connectivity index (χ1) is 9.20. The molecule has 2 rings (SSSR count). The molecule has 0 aliphatic carbocycles. The molecule has 1 heterocycles. The molecule has 1 aromatic heterocycles. The van der Waals surface area contributed by atoms with E-state index in [0.717, 1.165) is 12.2 Å². The summed E-state index contributed by atoms with van der Waals surface area (Å²) in [7, 11) is 0. The lowest BCUT2D eigenvalue weighted by molar-refractivity contribution is -0.444. The molecule has 102 valence electrons. The maximum atomic E-state index is 5.67. The Kier molecular flexibility index (Phi) is 4.99. The van der Waals surface area contributed by atoms with Crippen molar-refractivity contribution in [3.8, 4) is 0 Å². The third-order valence-corrected chi connectivity index (χ3v) is 4.16. The van der Waals surface area contributed by atoms with Gasteiger partial charge < -0.3 is 10.2 Å². The Morgan fingerprint density at radius 2 is 2.00 bits per heavy atom. The van der Waals surface area contributed by atoms with E-state index in [2.05, 4.69) is 41.9 Å². The molecule has 0 spiro atoms. The van der Waals surface area contributed by atoms with Gasteiger partial charge in [-0.1, -0.05) is 55.9 Å². The SMILES string of the molecule is CCC(C)C([NH3+])c1nnc(SCc2ccccc2)o1. The van der Waals surface area contributed by atoms with Gasteiger partial charge in [0.25, 0.3) is 11.1 Å². The highest BCUT2D eigenvalue weighted by Crippen LogP contribution is 2.25. The number of thioether (sulfide) groups is 1. The molecule has 0 radical (unpaired) electrons. The molecule has 0 aliphatic heterocycles. The van der Waals surface area contributed by atoms with Crippen LogP contribution in [0.3, 0.4) is 0 Å². The fourth-order valence-electron chi connectivity index (χ4n) is 1.68. The number of hydrogen-bond acceptors (Lipinski definition) is 4. The summed E-state index contributed by atoms with van der Waals surface area (Å²) in [5.41, 5.74) is 5.36. The smallest absolute Gasteiger partial charge is 0.277 e. The van der Waals surface area contributed by atoms with Gasteiger partial charge in [0.1, 0.15) is 0 Å². The average molecular weight is 278 g/mol. The number of aromatic nitrogens is 2. The van der Waals surface area contributed by atoms with Crippen LogP contribution in [0.15, 0.2) is 40.0 Å². The Labute approximate surface area is 117 Å². The standard InChI is InChI=1S/C14H19N3OS/c1-3-10(2)12(15)13-16-17-14(18-13)19-9-11-7-5-4-6-8-11/h4-8,10,12H,3,9,15H2,1-2H3/p+1. The van der Waals surface area contributed by atoms with E-state index in [1.54, 1.807) is 11.8 Å². The summed E-state index contributed by atoms with van der Waals surface area (Å²) in [5, 5.41) is 8.79. The summed E-state index contributed by atoms with van der Waals surface area (Å²) < 4.78 is 5.67. The molecule has 0 aliphatic rings. The summed E-state index contributed by atoms with van der Waals surface area (Å²) in [4.78, 5) is 0. The number of hydrogen-bond donors (Lipinski definition) is 1. The number of benzene rings is 1. The third kappa shape index (κ3) is 3.81. The highest BCUT2D eigenvalue weighted by atomic mass is 32.2. The van der Waals surface area contributed by atoms with Crippen LogP contribution in [0.1, 0.15) is 37.8 Å². The maximum absolute atomic E-state index is 5.67. The molecule has 5 heteroatoms. The Bertz CT molecular complexity index is 500. The zero-order valence-electron chi connectivity index (χ0n) is 11.4. The van der Waals surface area contributed by atoms with Crippen LogP contribution in [0.25, 0.3) is 0 Å². The monoisotopic (exact) mass is 278 g/mol. The molecule has 2 unspecified atom stereocenters. The maximum Gasteiger partial charge on any atom is 0.277 e. The van der Waals surface area contributed by atoms with Crippen molar-refractivity contribution in [2.75, 3.05) is 0 Å². The van der Waals surface area contributed by atoms with Crippen molar-refractivity contribution in [1.29, 1.82) is 0 Å². The summed E-state index contributed by atoms with van der Waals surface area (Å²) in [5.74, 6) is 1.94. The normalized spacial score (nSPS) is 14.3. The molecule has 0 saturated carbocycles. The number of quaternary nitrogens is 1. The average Bonchev–Trinajstić information content (AvgIpc) is 2.93. The Morgan fingerprint density at radius 3 is 2.68 bits per heavy atom. The summed E-state index contributed by atoms with van der Waals surface area (Å²) >= 11 is 1.56. The molecular weight excluding hydrogens is 258 g/mol. The van der Waals surface area contributed by atoms with E-state index in [0.29, 0.717) is 17.0 Å². The van der Waals surface area contributed by atoms with Crippen molar-refractivity contribution in [3.63, 3.8) is 0 Å². The molecule has 3 N–H and O–H groups in total. The Morgan fingerprint density at radius 1 is 1.26 bits per heavy atom. The van der Waals surface area contributed by atoms with Gasteiger partial charge in [-0.3, -0.25) is 0 Å². The van der Waals surface area contributed by atoms with E-state index in [1.807, 2.05) is 18.2 Å². The van der Waals surface area contributed by atoms with E-state index < -0.39 is 0 Å². The minimum atomic E-state index is 0.0728. The molecule has 0 fully saturated rings. The molecule has 2 atom stereocenters. The van der Waals surface area contributed by atoms with Crippen LogP contribution in [-0.4, -0.2) is 10.2 Å². The minimum absolute atomic E-state index is 0.0728. The highest BCUT2D eigenvalue weighted by Gasteiger charge is 2.23. The second-order valence-corrected chi connectivity index (χ2v) is 5.60. The van der Waals surface area contributed by atoms with Crippen molar-refractivity contribution in [1.82, 2.24) is 10.2 Å². The summed E-state index contributed by atoms with van der Waals surface area (Å²) in [6, 6.07) is 10.3. The fourth-order valence-corrected chi connectivity index (χ4v) is 2.40. The summed E-state index contributed by atoms with van der Waals surface area (Å²) in [6.45, 7) is 4.29. The highest BCUT2D eigenvalue weighted by molar-refractivity contribution is 7.98. The second kappa shape index (κ2) is 6.73. The first-order valence-corrected chi connectivity index (χ1v) is 7.52. The molecule has 2 aromatic rings. The molecule has 0 amide bonds. The lowest BCUT2D eigenvalue weighted by atomic mass is 10.0. The van der Waals surface area contributed by atoms with Crippen LogP contribution >= 0.6 is 11.8 Å². The predicted octanol–water partition coefficient (Wildman–Crippen LogP) is 2.69. The molecule has 0 saturated heterocycles.